The summed E-state index contributed by atoms with van der Waals surface area (Å²) in [5.74, 6) is -0.318. The molecule has 1 aliphatic carbocycles. The highest BCUT2D eigenvalue weighted by atomic mass is 16.4. The van der Waals surface area contributed by atoms with E-state index in [-0.39, 0.29) is 0 Å². The molecule has 0 atom stereocenters. The van der Waals surface area contributed by atoms with Crippen molar-refractivity contribution in [1.29, 1.82) is 0 Å². The molecule has 3 rings (SSSR count). The van der Waals surface area contributed by atoms with Gasteiger partial charge < -0.3 is 5.11 Å². The van der Waals surface area contributed by atoms with Gasteiger partial charge in [-0.1, -0.05) is 24.3 Å². The number of aromatic carboxylic acids is 1. The van der Waals surface area contributed by atoms with Crippen molar-refractivity contribution in [3.63, 3.8) is 0 Å². The lowest BCUT2D eigenvalue weighted by molar-refractivity contribution is 0.0697. The summed E-state index contributed by atoms with van der Waals surface area (Å²) >= 11 is 0. The summed E-state index contributed by atoms with van der Waals surface area (Å²) in [7, 11) is 0. The van der Waals surface area contributed by atoms with E-state index in [0.29, 0.717) is 17.0 Å². The highest BCUT2D eigenvalue weighted by molar-refractivity contribution is 5.96. The van der Waals surface area contributed by atoms with Crippen LogP contribution in [0.1, 0.15) is 34.7 Å². The van der Waals surface area contributed by atoms with Crippen molar-refractivity contribution in [1.82, 2.24) is 4.98 Å². The third-order valence-electron chi connectivity index (χ3n) is 3.32. The Bertz CT molecular complexity index is 603. The summed E-state index contributed by atoms with van der Waals surface area (Å²) in [6.45, 7) is 0. The van der Waals surface area contributed by atoms with Crippen LogP contribution in [-0.4, -0.2) is 16.1 Å². The van der Waals surface area contributed by atoms with Crippen molar-refractivity contribution >= 4 is 5.97 Å². The molecule has 1 heterocycles. The Morgan fingerprint density at radius 3 is 2.67 bits per heavy atom. The van der Waals surface area contributed by atoms with Gasteiger partial charge in [0, 0.05) is 18.0 Å². The van der Waals surface area contributed by atoms with Crippen LogP contribution >= 0.6 is 0 Å². The van der Waals surface area contributed by atoms with Crippen LogP contribution in [0.3, 0.4) is 0 Å². The molecule has 3 heteroatoms. The lowest BCUT2D eigenvalue weighted by Gasteiger charge is -2.10. The van der Waals surface area contributed by atoms with Crippen LogP contribution in [0.5, 0.6) is 0 Å². The largest absolute Gasteiger partial charge is 0.478 e. The lowest BCUT2D eigenvalue weighted by atomic mass is 9.95. The van der Waals surface area contributed by atoms with Gasteiger partial charge in [0.25, 0.3) is 0 Å². The Morgan fingerprint density at radius 2 is 1.94 bits per heavy atom. The maximum atomic E-state index is 11.3. The Kier molecular flexibility index (Phi) is 2.59. The predicted octanol–water partition coefficient (Wildman–Crippen LogP) is 3.32. The number of hydrogen-bond donors (Lipinski definition) is 1. The predicted molar refractivity (Wildman–Crippen MR) is 68.6 cm³/mol. The summed E-state index contributed by atoms with van der Waals surface area (Å²) in [4.78, 5) is 15.3. The Balaban J connectivity index is 2.18. The second-order valence-corrected chi connectivity index (χ2v) is 4.59. The van der Waals surface area contributed by atoms with E-state index in [0.717, 1.165) is 5.56 Å². The summed E-state index contributed by atoms with van der Waals surface area (Å²) in [6.07, 6.45) is 5.55. The number of aromatic nitrogens is 1. The SMILES string of the molecule is O=C(O)c1ccncc1-c1ccccc1C1CC1. The molecule has 1 N–H and O–H groups in total. The number of hydrogen-bond acceptors (Lipinski definition) is 2. The maximum absolute atomic E-state index is 11.3. The van der Waals surface area contributed by atoms with Gasteiger partial charge in [0.05, 0.1) is 5.56 Å². The number of rotatable bonds is 3. The summed E-state index contributed by atoms with van der Waals surface area (Å²) in [5, 5.41) is 9.24. The summed E-state index contributed by atoms with van der Waals surface area (Å²) < 4.78 is 0. The Morgan fingerprint density at radius 1 is 1.17 bits per heavy atom. The fourth-order valence-corrected chi connectivity index (χ4v) is 2.29. The van der Waals surface area contributed by atoms with Crippen LogP contribution in [0, 0.1) is 0 Å². The van der Waals surface area contributed by atoms with Crippen LogP contribution in [0.4, 0.5) is 0 Å². The lowest BCUT2D eigenvalue weighted by Crippen LogP contribution is -2.01. The van der Waals surface area contributed by atoms with Gasteiger partial charge in [-0.15, -0.1) is 0 Å². The van der Waals surface area contributed by atoms with Crippen LogP contribution in [0.15, 0.2) is 42.7 Å². The van der Waals surface area contributed by atoms with Crippen molar-refractivity contribution in [3.8, 4) is 11.1 Å². The molecule has 0 bridgehead atoms. The average Bonchev–Trinajstić information content (AvgIpc) is 3.23. The highest BCUT2D eigenvalue weighted by Crippen LogP contribution is 2.44. The van der Waals surface area contributed by atoms with E-state index < -0.39 is 5.97 Å². The van der Waals surface area contributed by atoms with Crippen LogP contribution < -0.4 is 0 Å². The van der Waals surface area contributed by atoms with E-state index >= 15 is 0 Å². The number of nitrogens with zero attached hydrogens (tertiary/aromatic N) is 1. The van der Waals surface area contributed by atoms with Crippen molar-refractivity contribution in [2.24, 2.45) is 0 Å². The standard InChI is InChI=1S/C15H13NO2/c17-15(18)13-7-8-16-9-14(13)12-4-2-1-3-11(12)10-5-6-10/h1-4,7-10H,5-6H2,(H,17,18). The molecule has 0 radical (unpaired) electrons. The normalized spacial score (nSPS) is 14.4. The first-order valence-electron chi connectivity index (χ1n) is 6.04. The minimum atomic E-state index is -0.905. The van der Waals surface area contributed by atoms with Crippen molar-refractivity contribution < 1.29 is 9.90 Å². The van der Waals surface area contributed by atoms with Gasteiger partial charge in [0.2, 0.25) is 0 Å². The molecule has 1 saturated carbocycles. The molecule has 1 aromatic heterocycles. The van der Waals surface area contributed by atoms with Gasteiger partial charge in [-0.2, -0.15) is 0 Å². The molecule has 90 valence electrons. The quantitative estimate of drug-likeness (QED) is 0.893. The van der Waals surface area contributed by atoms with Crippen molar-refractivity contribution in [2.75, 3.05) is 0 Å². The van der Waals surface area contributed by atoms with Gasteiger partial charge in [0.15, 0.2) is 0 Å². The van der Waals surface area contributed by atoms with E-state index in [9.17, 15) is 9.90 Å². The van der Waals surface area contributed by atoms with E-state index in [2.05, 4.69) is 11.1 Å². The van der Waals surface area contributed by atoms with Crippen molar-refractivity contribution in [3.05, 3.63) is 53.9 Å². The average molecular weight is 239 g/mol. The van der Waals surface area contributed by atoms with Crippen molar-refractivity contribution in [2.45, 2.75) is 18.8 Å². The summed E-state index contributed by atoms with van der Waals surface area (Å²) in [6, 6.07) is 9.58. The fourth-order valence-electron chi connectivity index (χ4n) is 2.29. The number of carboxylic acid groups (broad SMARTS) is 1. The molecule has 3 nitrogen and oxygen atoms in total. The van der Waals surface area contributed by atoms with Crippen LogP contribution in [0.2, 0.25) is 0 Å². The number of benzene rings is 1. The topological polar surface area (TPSA) is 50.2 Å². The van der Waals surface area contributed by atoms with Gasteiger partial charge in [0.1, 0.15) is 0 Å². The first kappa shape index (κ1) is 11.0. The monoisotopic (exact) mass is 239 g/mol. The first-order chi connectivity index (χ1) is 8.77. The summed E-state index contributed by atoms with van der Waals surface area (Å²) in [5.41, 5.74) is 3.28. The zero-order valence-corrected chi connectivity index (χ0v) is 9.84. The van der Waals surface area contributed by atoms with Gasteiger partial charge in [-0.05, 0) is 36.0 Å². The van der Waals surface area contributed by atoms with Gasteiger partial charge >= 0.3 is 5.97 Å². The molecule has 18 heavy (non-hydrogen) atoms. The number of pyridine rings is 1. The minimum absolute atomic E-state index is 0.318. The van der Waals surface area contributed by atoms with E-state index in [4.69, 9.17) is 0 Å². The fraction of sp³-hybridized carbons (Fsp3) is 0.200. The molecule has 2 aromatic rings. The molecule has 1 aliphatic rings. The minimum Gasteiger partial charge on any atom is -0.478 e. The zero-order chi connectivity index (χ0) is 12.5. The molecule has 0 saturated heterocycles. The van der Waals surface area contributed by atoms with Crippen LogP contribution in [-0.2, 0) is 0 Å². The molecule has 0 amide bonds. The van der Waals surface area contributed by atoms with Gasteiger partial charge in [-0.3, -0.25) is 4.98 Å². The zero-order valence-electron chi connectivity index (χ0n) is 9.84. The second kappa shape index (κ2) is 4.26. The number of carboxylic acids is 1. The Hall–Kier alpha value is -2.16. The molecule has 0 unspecified atom stereocenters. The molecule has 0 aliphatic heterocycles. The molecule has 1 aromatic carbocycles. The molecule has 1 fully saturated rings. The molecule has 0 spiro atoms. The highest BCUT2D eigenvalue weighted by Gasteiger charge is 2.27. The third kappa shape index (κ3) is 1.88. The van der Waals surface area contributed by atoms with Crippen LogP contribution in [0.25, 0.3) is 11.1 Å². The van der Waals surface area contributed by atoms with Gasteiger partial charge in [-0.25, -0.2) is 4.79 Å². The van der Waals surface area contributed by atoms with E-state index in [1.807, 2.05) is 18.2 Å². The third-order valence-corrected chi connectivity index (χ3v) is 3.32. The second-order valence-electron chi connectivity index (χ2n) is 4.59. The van der Waals surface area contributed by atoms with E-state index in [1.54, 1.807) is 12.3 Å². The number of carbonyl (C=O) groups is 1. The molecular formula is C15H13NO2. The maximum Gasteiger partial charge on any atom is 0.336 e. The Labute approximate surface area is 105 Å². The smallest absolute Gasteiger partial charge is 0.336 e. The van der Waals surface area contributed by atoms with E-state index in [1.165, 1.54) is 24.6 Å². The molecular weight excluding hydrogens is 226 g/mol. The first-order valence-corrected chi connectivity index (χ1v) is 6.04.